The Balaban J connectivity index is 2.16. The zero-order valence-corrected chi connectivity index (χ0v) is 9.93. The predicted octanol–water partition coefficient (Wildman–Crippen LogP) is 2.23. The fraction of sp³-hybridized carbons (Fsp3) is 0.231. The molecule has 0 saturated carbocycles. The van der Waals surface area contributed by atoms with Crippen molar-refractivity contribution in [1.82, 2.24) is 14.5 Å². The minimum absolute atomic E-state index is 0.715. The van der Waals surface area contributed by atoms with E-state index >= 15 is 0 Å². The summed E-state index contributed by atoms with van der Waals surface area (Å²) in [5.41, 5.74) is 2.44. The number of imidazole rings is 1. The van der Waals surface area contributed by atoms with Crippen molar-refractivity contribution in [2.24, 2.45) is 0 Å². The highest BCUT2D eigenvalue weighted by atomic mass is 15.2. The average molecular weight is 228 g/mol. The molecule has 2 rings (SSSR count). The standard InChI is InChI=1S/C13H16N4/c1-3-5-15-13-16-7-8-17(13)10-12-4-6-14-9-11(12)2/h3-4,6-9H,1,5,10H2,2H3,(H,15,16). The summed E-state index contributed by atoms with van der Waals surface area (Å²) < 4.78 is 2.08. The van der Waals surface area contributed by atoms with Gasteiger partial charge in [0.2, 0.25) is 5.95 Å². The number of anilines is 1. The quantitative estimate of drug-likeness (QED) is 0.798. The molecule has 0 fully saturated rings. The highest BCUT2D eigenvalue weighted by Crippen LogP contribution is 2.11. The fourth-order valence-corrected chi connectivity index (χ4v) is 1.63. The molecule has 0 bridgehead atoms. The van der Waals surface area contributed by atoms with Gasteiger partial charge in [0.05, 0.1) is 6.54 Å². The van der Waals surface area contributed by atoms with Gasteiger partial charge in [0.1, 0.15) is 0 Å². The fourth-order valence-electron chi connectivity index (χ4n) is 1.63. The molecule has 88 valence electrons. The minimum atomic E-state index is 0.715. The van der Waals surface area contributed by atoms with E-state index in [0.29, 0.717) is 6.54 Å². The Bertz CT molecular complexity index is 502. The zero-order valence-electron chi connectivity index (χ0n) is 9.93. The van der Waals surface area contributed by atoms with Gasteiger partial charge < -0.3 is 9.88 Å². The van der Waals surface area contributed by atoms with Gasteiger partial charge in [-0.2, -0.15) is 0 Å². The molecule has 4 heteroatoms. The molecule has 0 amide bonds. The third-order valence-electron chi connectivity index (χ3n) is 2.60. The summed E-state index contributed by atoms with van der Waals surface area (Å²) in [5.74, 6) is 0.862. The average Bonchev–Trinajstić information content (AvgIpc) is 2.77. The lowest BCUT2D eigenvalue weighted by Crippen LogP contribution is -2.08. The van der Waals surface area contributed by atoms with Crippen LogP contribution in [-0.2, 0) is 6.54 Å². The lowest BCUT2D eigenvalue weighted by atomic mass is 10.1. The van der Waals surface area contributed by atoms with E-state index < -0.39 is 0 Å². The number of aromatic nitrogens is 3. The molecule has 0 aliphatic carbocycles. The Morgan fingerprint density at radius 2 is 2.35 bits per heavy atom. The zero-order chi connectivity index (χ0) is 12.1. The van der Waals surface area contributed by atoms with Crippen molar-refractivity contribution in [2.75, 3.05) is 11.9 Å². The van der Waals surface area contributed by atoms with E-state index in [0.717, 1.165) is 12.5 Å². The molecule has 17 heavy (non-hydrogen) atoms. The molecule has 0 aromatic carbocycles. The van der Waals surface area contributed by atoms with E-state index in [-0.39, 0.29) is 0 Å². The van der Waals surface area contributed by atoms with Crippen molar-refractivity contribution in [3.8, 4) is 0 Å². The van der Waals surface area contributed by atoms with Crippen LogP contribution in [0.3, 0.4) is 0 Å². The normalized spacial score (nSPS) is 10.2. The Labute approximate surface area is 101 Å². The molecular formula is C13H16N4. The monoisotopic (exact) mass is 228 g/mol. The highest BCUT2D eigenvalue weighted by Gasteiger charge is 2.03. The molecule has 0 aliphatic heterocycles. The number of pyridine rings is 1. The topological polar surface area (TPSA) is 42.7 Å². The van der Waals surface area contributed by atoms with Gasteiger partial charge in [0.15, 0.2) is 0 Å². The van der Waals surface area contributed by atoms with E-state index in [1.807, 2.05) is 30.7 Å². The molecule has 1 N–H and O–H groups in total. The molecule has 0 spiro atoms. The first kappa shape index (κ1) is 11.4. The van der Waals surface area contributed by atoms with Crippen LogP contribution < -0.4 is 5.32 Å². The Morgan fingerprint density at radius 3 is 3.12 bits per heavy atom. The van der Waals surface area contributed by atoms with Crippen molar-refractivity contribution in [1.29, 1.82) is 0 Å². The van der Waals surface area contributed by atoms with Crippen LogP contribution in [0.5, 0.6) is 0 Å². The maximum absolute atomic E-state index is 4.27. The number of nitrogens with one attached hydrogen (secondary N) is 1. The minimum Gasteiger partial charge on any atom is -0.352 e. The highest BCUT2D eigenvalue weighted by molar-refractivity contribution is 5.30. The van der Waals surface area contributed by atoms with Crippen LogP contribution in [0.4, 0.5) is 5.95 Å². The first-order valence-corrected chi connectivity index (χ1v) is 5.56. The van der Waals surface area contributed by atoms with Crippen molar-refractivity contribution in [3.05, 3.63) is 54.6 Å². The van der Waals surface area contributed by atoms with Crippen LogP contribution in [-0.4, -0.2) is 21.1 Å². The number of nitrogens with zero attached hydrogens (tertiary/aromatic N) is 3. The molecule has 0 unspecified atom stereocenters. The van der Waals surface area contributed by atoms with Gasteiger partial charge in [0.25, 0.3) is 0 Å². The Morgan fingerprint density at radius 1 is 1.47 bits per heavy atom. The van der Waals surface area contributed by atoms with Crippen molar-refractivity contribution >= 4 is 5.95 Å². The second-order valence-corrected chi connectivity index (χ2v) is 3.85. The summed E-state index contributed by atoms with van der Waals surface area (Å²) in [6.07, 6.45) is 9.27. The van der Waals surface area contributed by atoms with Crippen LogP contribution >= 0.6 is 0 Å². The molecule has 2 aromatic heterocycles. The molecule has 2 aromatic rings. The van der Waals surface area contributed by atoms with E-state index in [9.17, 15) is 0 Å². The molecule has 0 atom stereocenters. The summed E-state index contributed by atoms with van der Waals surface area (Å²) in [7, 11) is 0. The van der Waals surface area contributed by atoms with E-state index in [2.05, 4.69) is 33.4 Å². The number of aryl methyl sites for hydroxylation is 1. The predicted molar refractivity (Wildman–Crippen MR) is 69.0 cm³/mol. The van der Waals surface area contributed by atoms with E-state index in [1.165, 1.54) is 11.1 Å². The van der Waals surface area contributed by atoms with Crippen molar-refractivity contribution < 1.29 is 0 Å². The van der Waals surface area contributed by atoms with E-state index in [1.54, 1.807) is 6.20 Å². The SMILES string of the molecule is C=CCNc1nccn1Cc1ccncc1C. The smallest absolute Gasteiger partial charge is 0.203 e. The van der Waals surface area contributed by atoms with Crippen molar-refractivity contribution in [3.63, 3.8) is 0 Å². The first-order valence-electron chi connectivity index (χ1n) is 5.56. The van der Waals surface area contributed by atoms with Crippen LogP contribution in [0.2, 0.25) is 0 Å². The molecule has 4 nitrogen and oxygen atoms in total. The van der Waals surface area contributed by atoms with Gasteiger partial charge in [-0.15, -0.1) is 6.58 Å². The van der Waals surface area contributed by atoms with Gasteiger partial charge >= 0.3 is 0 Å². The second kappa shape index (κ2) is 5.30. The summed E-state index contributed by atoms with van der Waals surface area (Å²) >= 11 is 0. The maximum Gasteiger partial charge on any atom is 0.203 e. The van der Waals surface area contributed by atoms with E-state index in [4.69, 9.17) is 0 Å². The summed E-state index contributed by atoms with van der Waals surface area (Å²) in [5, 5.41) is 3.20. The van der Waals surface area contributed by atoms with Crippen LogP contribution in [0.15, 0.2) is 43.5 Å². The number of hydrogen-bond donors (Lipinski definition) is 1. The molecular weight excluding hydrogens is 212 g/mol. The molecule has 0 saturated heterocycles. The summed E-state index contributed by atoms with van der Waals surface area (Å²) in [6, 6.07) is 2.03. The van der Waals surface area contributed by atoms with Crippen LogP contribution in [0.25, 0.3) is 0 Å². The number of hydrogen-bond acceptors (Lipinski definition) is 3. The van der Waals surface area contributed by atoms with Gasteiger partial charge in [-0.3, -0.25) is 4.98 Å². The first-order chi connectivity index (χ1) is 8.31. The Kier molecular flexibility index (Phi) is 3.55. The maximum atomic E-state index is 4.27. The lowest BCUT2D eigenvalue weighted by molar-refractivity contribution is 0.795. The van der Waals surface area contributed by atoms with Gasteiger partial charge in [-0.25, -0.2) is 4.98 Å². The molecule has 0 aliphatic rings. The third-order valence-corrected chi connectivity index (χ3v) is 2.60. The van der Waals surface area contributed by atoms with Crippen LogP contribution in [0, 0.1) is 6.92 Å². The van der Waals surface area contributed by atoms with Gasteiger partial charge in [-0.1, -0.05) is 6.08 Å². The van der Waals surface area contributed by atoms with Crippen molar-refractivity contribution in [2.45, 2.75) is 13.5 Å². The number of rotatable bonds is 5. The van der Waals surface area contributed by atoms with Gasteiger partial charge in [0, 0.05) is 31.3 Å². The Hall–Kier alpha value is -2.10. The second-order valence-electron chi connectivity index (χ2n) is 3.85. The summed E-state index contributed by atoms with van der Waals surface area (Å²) in [4.78, 5) is 8.36. The molecule has 0 radical (unpaired) electrons. The summed E-state index contributed by atoms with van der Waals surface area (Å²) in [6.45, 7) is 7.26. The van der Waals surface area contributed by atoms with Crippen LogP contribution in [0.1, 0.15) is 11.1 Å². The van der Waals surface area contributed by atoms with Gasteiger partial charge in [-0.05, 0) is 24.1 Å². The molecule has 2 heterocycles. The third kappa shape index (κ3) is 2.72. The largest absolute Gasteiger partial charge is 0.352 e. The lowest BCUT2D eigenvalue weighted by Gasteiger charge is -2.10.